The zero-order valence-corrected chi connectivity index (χ0v) is 50.9. The Kier molecular flexibility index (Phi) is 61.8. The molecule has 0 aliphatic rings. The number of allylic oxidation sites excluding steroid dienone is 20. The fourth-order valence-electron chi connectivity index (χ4n) is 8.80. The highest BCUT2D eigenvalue weighted by Gasteiger charge is 2.19. The second-order valence-corrected chi connectivity index (χ2v) is 21.3. The van der Waals surface area contributed by atoms with Crippen molar-refractivity contribution in [2.45, 2.75) is 303 Å². The summed E-state index contributed by atoms with van der Waals surface area (Å²) in [5, 5.41) is 0. The minimum Gasteiger partial charge on any atom is -0.462 e. The summed E-state index contributed by atoms with van der Waals surface area (Å²) in [6.45, 7) is 6.48. The van der Waals surface area contributed by atoms with Crippen molar-refractivity contribution in [1.29, 1.82) is 0 Å². The highest BCUT2D eigenvalue weighted by atomic mass is 16.6. The molecule has 0 spiro atoms. The van der Waals surface area contributed by atoms with E-state index in [9.17, 15) is 14.4 Å². The van der Waals surface area contributed by atoms with Crippen LogP contribution in [0, 0.1) is 0 Å². The van der Waals surface area contributed by atoms with Crippen LogP contribution < -0.4 is 0 Å². The van der Waals surface area contributed by atoms with Crippen LogP contribution in [0.25, 0.3) is 0 Å². The standard InChI is InChI=1S/C72H120O6/c1-4-7-10-13-16-19-22-25-28-31-34-35-36-37-39-41-44-47-50-53-56-59-62-65-71(74)77-68-69(67-76-70(73)64-61-58-55-52-49-46-43-40-33-30-27-24-21-18-15-12-9-6-3)78-72(75)66-63-60-57-54-51-48-45-42-38-32-29-26-23-20-17-14-11-8-5-2/h8,11,17,20-22,24-26,29-31,33-34,36-38,42,48,51,69H,4-7,9-10,12-16,18-19,23,27-28,32,35,39-41,43-47,49-50,52-68H2,1-3H3/b11-8-,20-17-,24-21-,25-22-,29-26-,33-30-,34-31-,37-36-,42-38-,51-48-. The summed E-state index contributed by atoms with van der Waals surface area (Å²) in [5.74, 6) is -0.942. The van der Waals surface area contributed by atoms with Crippen LogP contribution in [0.2, 0.25) is 0 Å². The van der Waals surface area contributed by atoms with E-state index in [0.717, 1.165) is 128 Å². The van der Waals surface area contributed by atoms with Crippen molar-refractivity contribution >= 4 is 17.9 Å². The first-order valence-corrected chi connectivity index (χ1v) is 32.5. The maximum absolute atomic E-state index is 12.9. The molecule has 0 heterocycles. The van der Waals surface area contributed by atoms with Crippen molar-refractivity contribution in [3.63, 3.8) is 0 Å². The van der Waals surface area contributed by atoms with Crippen LogP contribution in [0.3, 0.4) is 0 Å². The third-order valence-corrected chi connectivity index (χ3v) is 13.7. The number of unbranched alkanes of at least 4 members (excludes halogenated alkanes) is 27. The van der Waals surface area contributed by atoms with E-state index < -0.39 is 6.10 Å². The van der Waals surface area contributed by atoms with Crippen molar-refractivity contribution in [3.05, 3.63) is 122 Å². The molecule has 0 saturated carbocycles. The molecule has 0 rings (SSSR count). The van der Waals surface area contributed by atoms with E-state index in [1.165, 1.54) is 128 Å². The first-order chi connectivity index (χ1) is 38.5. The molecule has 0 bridgehead atoms. The Hall–Kier alpha value is -4.19. The Morgan fingerprint density at radius 3 is 0.808 bits per heavy atom. The summed E-state index contributed by atoms with van der Waals surface area (Å²) in [6, 6.07) is 0. The van der Waals surface area contributed by atoms with Crippen molar-refractivity contribution in [2.75, 3.05) is 13.2 Å². The monoisotopic (exact) mass is 1080 g/mol. The lowest BCUT2D eigenvalue weighted by molar-refractivity contribution is -0.167. The van der Waals surface area contributed by atoms with Crippen LogP contribution in [0.5, 0.6) is 0 Å². The molecule has 0 aromatic heterocycles. The molecule has 0 fully saturated rings. The van der Waals surface area contributed by atoms with E-state index in [1.54, 1.807) is 0 Å². The number of hydrogen-bond donors (Lipinski definition) is 0. The van der Waals surface area contributed by atoms with Crippen LogP contribution in [-0.4, -0.2) is 37.2 Å². The maximum atomic E-state index is 12.9. The van der Waals surface area contributed by atoms with E-state index in [2.05, 4.69) is 142 Å². The highest BCUT2D eigenvalue weighted by Crippen LogP contribution is 2.15. The van der Waals surface area contributed by atoms with Gasteiger partial charge in [-0.1, -0.05) is 264 Å². The first kappa shape index (κ1) is 73.8. The number of carbonyl (C=O) groups excluding carboxylic acids is 3. The van der Waals surface area contributed by atoms with Crippen LogP contribution >= 0.6 is 0 Å². The van der Waals surface area contributed by atoms with Gasteiger partial charge < -0.3 is 14.2 Å². The molecule has 6 nitrogen and oxygen atoms in total. The Morgan fingerprint density at radius 1 is 0.269 bits per heavy atom. The molecule has 0 aromatic carbocycles. The second kappa shape index (κ2) is 65.3. The zero-order valence-electron chi connectivity index (χ0n) is 50.9. The van der Waals surface area contributed by atoms with Crippen molar-refractivity contribution < 1.29 is 28.6 Å². The molecule has 0 amide bonds. The van der Waals surface area contributed by atoms with Crippen LogP contribution in [0.1, 0.15) is 297 Å². The summed E-state index contributed by atoms with van der Waals surface area (Å²) in [6.07, 6.45) is 90.5. The van der Waals surface area contributed by atoms with E-state index in [0.29, 0.717) is 12.8 Å². The van der Waals surface area contributed by atoms with Gasteiger partial charge in [-0.3, -0.25) is 14.4 Å². The van der Waals surface area contributed by atoms with Gasteiger partial charge in [-0.15, -0.1) is 0 Å². The summed E-state index contributed by atoms with van der Waals surface area (Å²) in [5.41, 5.74) is 0. The molecule has 444 valence electrons. The molecule has 0 aromatic rings. The smallest absolute Gasteiger partial charge is 0.306 e. The predicted molar refractivity (Wildman–Crippen MR) is 339 cm³/mol. The number of carbonyl (C=O) groups is 3. The van der Waals surface area contributed by atoms with Gasteiger partial charge in [0.1, 0.15) is 13.2 Å². The second-order valence-electron chi connectivity index (χ2n) is 21.3. The van der Waals surface area contributed by atoms with Crippen LogP contribution in [0.15, 0.2) is 122 Å². The fourth-order valence-corrected chi connectivity index (χ4v) is 8.80. The lowest BCUT2D eigenvalue weighted by Gasteiger charge is -2.18. The van der Waals surface area contributed by atoms with Crippen LogP contribution in [-0.2, 0) is 28.6 Å². The van der Waals surface area contributed by atoms with Gasteiger partial charge in [-0.25, -0.2) is 0 Å². The highest BCUT2D eigenvalue weighted by molar-refractivity contribution is 5.71. The Morgan fingerprint density at radius 2 is 0.500 bits per heavy atom. The third kappa shape index (κ3) is 62.7. The summed E-state index contributed by atoms with van der Waals surface area (Å²) < 4.78 is 16.9. The predicted octanol–water partition coefficient (Wildman–Crippen LogP) is 22.4. The Labute approximate surface area is 482 Å². The first-order valence-electron chi connectivity index (χ1n) is 32.5. The number of hydrogen-bond acceptors (Lipinski definition) is 6. The molecule has 1 atom stereocenters. The minimum absolute atomic E-state index is 0.100. The van der Waals surface area contributed by atoms with E-state index >= 15 is 0 Å². The molecule has 1 unspecified atom stereocenters. The normalized spacial score (nSPS) is 12.9. The number of rotatable bonds is 58. The fraction of sp³-hybridized carbons (Fsp3) is 0.681. The minimum atomic E-state index is -0.808. The molecule has 0 aliphatic heterocycles. The van der Waals surface area contributed by atoms with Gasteiger partial charge in [0, 0.05) is 19.3 Å². The zero-order chi connectivity index (χ0) is 56.4. The summed E-state index contributed by atoms with van der Waals surface area (Å²) >= 11 is 0. The van der Waals surface area contributed by atoms with Gasteiger partial charge in [-0.05, 0) is 135 Å². The van der Waals surface area contributed by atoms with Gasteiger partial charge in [0.05, 0.1) is 0 Å². The quantitative estimate of drug-likeness (QED) is 0.0261. The molecule has 0 saturated heterocycles. The molecule has 78 heavy (non-hydrogen) atoms. The Bertz CT molecular complexity index is 1620. The average Bonchev–Trinajstić information content (AvgIpc) is 3.44. The molecular weight excluding hydrogens is 961 g/mol. The lowest BCUT2D eigenvalue weighted by Crippen LogP contribution is -2.30. The SMILES string of the molecule is CC/C=C\C/C=C\C/C=C\C/C=C\C/C=C\CCCCCC(=O)OC(COC(=O)CCCCCCCCC/C=C\C/C=C\CCCCCC)COC(=O)CCCCCCCCCC/C=C\C/C=C\C/C=C\CCCCCCC. The average molecular weight is 1080 g/mol. The molecule has 0 aliphatic carbocycles. The summed E-state index contributed by atoms with van der Waals surface area (Å²) in [4.78, 5) is 38.4. The van der Waals surface area contributed by atoms with Crippen molar-refractivity contribution in [2.24, 2.45) is 0 Å². The Balaban J connectivity index is 4.47. The van der Waals surface area contributed by atoms with Gasteiger partial charge in [0.25, 0.3) is 0 Å². The van der Waals surface area contributed by atoms with Gasteiger partial charge in [-0.2, -0.15) is 0 Å². The lowest BCUT2D eigenvalue weighted by atomic mass is 10.1. The molecule has 6 heteroatoms. The van der Waals surface area contributed by atoms with E-state index in [-0.39, 0.29) is 37.5 Å². The van der Waals surface area contributed by atoms with Crippen molar-refractivity contribution in [3.8, 4) is 0 Å². The molecule has 0 N–H and O–H groups in total. The number of esters is 3. The largest absolute Gasteiger partial charge is 0.462 e. The van der Waals surface area contributed by atoms with Crippen molar-refractivity contribution in [1.82, 2.24) is 0 Å². The van der Waals surface area contributed by atoms with Gasteiger partial charge in [0.15, 0.2) is 6.10 Å². The van der Waals surface area contributed by atoms with Gasteiger partial charge in [0.2, 0.25) is 0 Å². The van der Waals surface area contributed by atoms with Crippen LogP contribution in [0.4, 0.5) is 0 Å². The molecular formula is C72H120O6. The maximum Gasteiger partial charge on any atom is 0.306 e. The third-order valence-electron chi connectivity index (χ3n) is 13.7. The number of ether oxygens (including phenoxy) is 3. The van der Waals surface area contributed by atoms with E-state index in [4.69, 9.17) is 14.2 Å². The molecule has 0 radical (unpaired) electrons. The topological polar surface area (TPSA) is 78.9 Å². The summed E-state index contributed by atoms with van der Waals surface area (Å²) in [7, 11) is 0. The van der Waals surface area contributed by atoms with E-state index in [1.807, 2.05) is 0 Å². The van der Waals surface area contributed by atoms with Gasteiger partial charge >= 0.3 is 17.9 Å².